The summed E-state index contributed by atoms with van der Waals surface area (Å²) in [6.45, 7) is 11.6. The van der Waals surface area contributed by atoms with E-state index >= 15 is 0 Å². The van der Waals surface area contributed by atoms with Gasteiger partial charge in [-0.05, 0) is 26.8 Å². The number of aliphatic hydroxyl groups is 1. The maximum Gasteiger partial charge on any atom is 0.303 e. The second kappa shape index (κ2) is 6.73. The van der Waals surface area contributed by atoms with Crippen LogP contribution in [-0.4, -0.2) is 50.4 Å². The highest BCUT2D eigenvalue weighted by Gasteiger charge is 2.37. The molecule has 1 aliphatic rings. The molecule has 0 bridgehead atoms. The van der Waals surface area contributed by atoms with Gasteiger partial charge in [-0.25, -0.2) is 0 Å². The van der Waals surface area contributed by atoms with E-state index in [1.807, 2.05) is 20.8 Å². The molecule has 1 rings (SSSR count). The molecule has 0 fully saturated rings. The minimum absolute atomic E-state index is 0.259. The Balaban J connectivity index is 2.81. The predicted molar refractivity (Wildman–Crippen MR) is 77.7 cm³/mol. The number of hydrogen-bond acceptors (Lipinski definition) is 5. The molecular formula is C14H25O5Si. The van der Waals surface area contributed by atoms with Gasteiger partial charge in [0.25, 0.3) is 0 Å². The van der Waals surface area contributed by atoms with Crippen molar-refractivity contribution in [2.45, 2.75) is 64.7 Å². The Kier molecular flexibility index (Phi) is 5.79. The van der Waals surface area contributed by atoms with Crippen LogP contribution in [0.1, 0.15) is 27.7 Å². The number of aliphatic hydroxyl groups excluding tert-OH is 1. The molecule has 0 aliphatic carbocycles. The van der Waals surface area contributed by atoms with Gasteiger partial charge >= 0.3 is 5.97 Å². The summed E-state index contributed by atoms with van der Waals surface area (Å²) in [6, 6.07) is 0. The lowest BCUT2D eigenvalue weighted by atomic mass is 10.1. The summed E-state index contributed by atoms with van der Waals surface area (Å²) in [5.74, 6) is -0.414. The Morgan fingerprint density at radius 1 is 1.45 bits per heavy atom. The van der Waals surface area contributed by atoms with Gasteiger partial charge in [-0.2, -0.15) is 0 Å². The van der Waals surface area contributed by atoms with Crippen molar-refractivity contribution in [2.24, 2.45) is 0 Å². The SMILES string of the molecule is CC(=O)O[C@@H]1C=C([Si](C)C)O[C@H](COC(C)(C)C)[C@H]1O. The van der Waals surface area contributed by atoms with Crippen molar-refractivity contribution < 1.29 is 24.1 Å². The van der Waals surface area contributed by atoms with Crippen molar-refractivity contribution >= 4 is 14.8 Å². The van der Waals surface area contributed by atoms with Crippen LogP contribution in [0.25, 0.3) is 0 Å². The number of carbonyl (C=O) groups excluding carboxylic acids is 1. The number of hydrogen-bond donors (Lipinski definition) is 1. The van der Waals surface area contributed by atoms with E-state index in [0.29, 0.717) is 0 Å². The first-order chi connectivity index (χ1) is 9.10. The van der Waals surface area contributed by atoms with Gasteiger partial charge in [0, 0.05) is 6.92 Å². The first-order valence-corrected chi connectivity index (χ1v) is 9.28. The van der Waals surface area contributed by atoms with Crippen LogP contribution in [0.4, 0.5) is 0 Å². The summed E-state index contributed by atoms with van der Waals surface area (Å²) in [5, 5.41) is 11.1. The molecule has 1 heterocycles. The zero-order valence-electron chi connectivity index (χ0n) is 13.1. The third-order valence-corrected chi connectivity index (χ3v) is 4.06. The molecule has 5 nitrogen and oxygen atoms in total. The van der Waals surface area contributed by atoms with Crippen molar-refractivity contribution in [3.8, 4) is 0 Å². The lowest BCUT2D eigenvalue weighted by Gasteiger charge is -2.36. The molecule has 0 aromatic rings. The normalized spacial score (nSPS) is 27.0. The second-order valence-corrected chi connectivity index (χ2v) is 8.67. The van der Waals surface area contributed by atoms with Crippen molar-refractivity contribution in [3.05, 3.63) is 11.5 Å². The van der Waals surface area contributed by atoms with Crippen LogP contribution in [0.3, 0.4) is 0 Å². The van der Waals surface area contributed by atoms with Gasteiger partial charge in [-0.15, -0.1) is 0 Å². The van der Waals surface area contributed by atoms with Gasteiger partial charge in [0.15, 0.2) is 12.2 Å². The lowest BCUT2D eigenvalue weighted by Crippen LogP contribution is -2.48. The molecular weight excluding hydrogens is 276 g/mol. The molecule has 20 heavy (non-hydrogen) atoms. The van der Waals surface area contributed by atoms with Gasteiger partial charge in [-0.1, -0.05) is 13.1 Å². The van der Waals surface area contributed by atoms with E-state index in [0.717, 1.165) is 5.38 Å². The van der Waals surface area contributed by atoms with E-state index in [2.05, 4.69) is 13.1 Å². The Morgan fingerprint density at radius 3 is 2.50 bits per heavy atom. The summed E-state index contributed by atoms with van der Waals surface area (Å²) < 4.78 is 16.6. The molecule has 0 saturated heterocycles. The quantitative estimate of drug-likeness (QED) is 0.632. The van der Waals surface area contributed by atoms with Crippen molar-refractivity contribution in [1.82, 2.24) is 0 Å². The monoisotopic (exact) mass is 301 g/mol. The summed E-state index contributed by atoms with van der Waals surface area (Å²) in [6.07, 6.45) is -0.372. The predicted octanol–water partition coefficient (Wildman–Crippen LogP) is 1.67. The molecule has 0 aromatic heterocycles. The molecule has 3 atom stereocenters. The van der Waals surface area contributed by atoms with Crippen LogP contribution in [0.5, 0.6) is 0 Å². The third kappa shape index (κ3) is 5.26. The number of ether oxygens (including phenoxy) is 3. The van der Waals surface area contributed by atoms with E-state index in [1.165, 1.54) is 6.92 Å². The molecule has 0 spiro atoms. The second-order valence-electron chi connectivity index (χ2n) is 6.18. The molecule has 1 N–H and O–H groups in total. The van der Waals surface area contributed by atoms with Crippen LogP contribution in [-0.2, 0) is 19.0 Å². The first-order valence-electron chi connectivity index (χ1n) is 6.78. The maximum atomic E-state index is 11.1. The highest BCUT2D eigenvalue weighted by molar-refractivity contribution is 6.63. The van der Waals surface area contributed by atoms with Gasteiger partial charge in [0.2, 0.25) is 0 Å². The molecule has 115 valence electrons. The Labute approximate surface area is 122 Å². The van der Waals surface area contributed by atoms with Gasteiger partial charge < -0.3 is 19.3 Å². The van der Waals surface area contributed by atoms with E-state index in [-0.39, 0.29) is 12.2 Å². The number of carbonyl (C=O) groups is 1. The molecule has 0 unspecified atom stereocenters. The average Bonchev–Trinajstić information content (AvgIpc) is 2.28. The molecule has 0 saturated carbocycles. The van der Waals surface area contributed by atoms with Crippen LogP contribution >= 0.6 is 0 Å². The van der Waals surface area contributed by atoms with E-state index in [9.17, 15) is 9.90 Å². The molecule has 6 heteroatoms. The lowest BCUT2D eigenvalue weighted by molar-refractivity contribution is -0.162. The summed E-state index contributed by atoms with van der Waals surface area (Å²) in [5.41, 5.74) is -0.312. The third-order valence-electron chi connectivity index (χ3n) is 2.79. The molecule has 1 aliphatic heterocycles. The smallest absolute Gasteiger partial charge is 0.303 e. The summed E-state index contributed by atoms with van der Waals surface area (Å²) in [7, 11) is -0.831. The van der Waals surface area contributed by atoms with Crippen molar-refractivity contribution in [3.63, 3.8) is 0 Å². The van der Waals surface area contributed by atoms with E-state index in [1.54, 1.807) is 6.08 Å². The largest absolute Gasteiger partial charge is 0.495 e. The van der Waals surface area contributed by atoms with Crippen molar-refractivity contribution in [2.75, 3.05) is 6.61 Å². The fourth-order valence-corrected chi connectivity index (χ4v) is 2.66. The van der Waals surface area contributed by atoms with Crippen molar-refractivity contribution in [1.29, 1.82) is 0 Å². The number of esters is 1. The van der Waals surface area contributed by atoms with E-state index < -0.39 is 33.1 Å². The van der Waals surface area contributed by atoms with Crippen LogP contribution in [0, 0.1) is 0 Å². The number of rotatable bonds is 4. The fraction of sp³-hybridized carbons (Fsp3) is 0.786. The van der Waals surface area contributed by atoms with Gasteiger partial charge in [-0.3, -0.25) is 4.79 Å². The fourth-order valence-electron chi connectivity index (χ4n) is 1.78. The molecule has 1 radical (unpaired) electrons. The topological polar surface area (TPSA) is 65.0 Å². The average molecular weight is 301 g/mol. The van der Waals surface area contributed by atoms with Crippen LogP contribution < -0.4 is 0 Å². The zero-order chi connectivity index (χ0) is 15.5. The minimum Gasteiger partial charge on any atom is -0.495 e. The Morgan fingerprint density at radius 2 is 2.05 bits per heavy atom. The minimum atomic E-state index is -0.911. The molecule has 0 aromatic carbocycles. The molecule has 0 amide bonds. The summed E-state index contributed by atoms with van der Waals surface area (Å²) >= 11 is 0. The van der Waals surface area contributed by atoms with E-state index in [4.69, 9.17) is 14.2 Å². The first kappa shape index (κ1) is 17.2. The Hall–Kier alpha value is -0.853. The van der Waals surface area contributed by atoms with Crippen LogP contribution in [0.2, 0.25) is 13.1 Å². The highest BCUT2D eigenvalue weighted by atomic mass is 28.3. The van der Waals surface area contributed by atoms with Gasteiger partial charge in [0.1, 0.15) is 14.9 Å². The van der Waals surface area contributed by atoms with Crippen LogP contribution in [0.15, 0.2) is 11.5 Å². The highest BCUT2D eigenvalue weighted by Crippen LogP contribution is 2.24. The summed E-state index contributed by atoms with van der Waals surface area (Å²) in [4.78, 5) is 11.1. The Bertz CT molecular complexity index is 372. The zero-order valence-corrected chi connectivity index (χ0v) is 14.1. The van der Waals surface area contributed by atoms with Gasteiger partial charge in [0.05, 0.1) is 17.6 Å². The maximum absolute atomic E-state index is 11.1. The standard InChI is InChI=1S/C14H25O5Si/c1-9(15)18-10-7-12(20(5)6)19-11(13(10)16)8-17-14(2,3)4/h7,10-11,13,16H,8H2,1-6H3/t10-,11-,13+/m1/s1.